The Bertz CT molecular complexity index is 948. The average Bonchev–Trinajstić information content (AvgIpc) is 2.69. The van der Waals surface area contributed by atoms with Gasteiger partial charge in [0, 0.05) is 28.2 Å². The fourth-order valence-electron chi connectivity index (χ4n) is 2.57. The molecule has 2 N–H and O–H groups in total. The molecule has 0 aliphatic carbocycles. The van der Waals surface area contributed by atoms with Gasteiger partial charge in [-0.3, -0.25) is 9.59 Å². The van der Waals surface area contributed by atoms with Crippen LogP contribution in [0.2, 0.25) is 0 Å². The van der Waals surface area contributed by atoms with Crippen LogP contribution in [0.4, 0.5) is 17.1 Å². The van der Waals surface area contributed by atoms with Gasteiger partial charge in [0.1, 0.15) is 5.75 Å². The Balaban J connectivity index is 1.65. The SMILES string of the molecule is COc1ccc(C(=O)Nc2ccc(Nc3cccc(C(C)=O)c3)cc2)cc1. The van der Waals surface area contributed by atoms with E-state index in [9.17, 15) is 9.59 Å². The summed E-state index contributed by atoms with van der Waals surface area (Å²) in [6.07, 6.45) is 0. The van der Waals surface area contributed by atoms with E-state index in [-0.39, 0.29) is 11.7 Å². The second kappa shape index (κ2) is 8.19. The van der Waals surface area contributed by atoms with Gasteiger partial charge in [-0.1, -0.05) is 12.1 Å². The van der Waals surface area contributed by atoms with Crippen LogP contribution in [0.25, 0.3) is 0 Å². The van der Waals surface area contributed by atoms with Crippen molar-refractivity contribution < 1.29 is 14.3 Å². The van der Waals surface area contributed by atoms with Gasteiger partial charge in [-0.25, -0.2) is 0 Å². The maximum absolute atomic E-state index is 12.3. The standard InChI is InChI=1S/C22H20N2O3/c1-15(25)17-4-3-5-20(14-17)23-18-8-10-19(11-9-18)24-22(26)16-6-12-21(27-2)13-7-16/h3-14,23H,1-2H3,(H,24,26). The normalized spacial score (nSPS) is 10.1. The third kappa shape index (κ3) is 4.73. The summed E-state index contributed by atoms with van der Waals surface area (Å²) >= 11 is 0. The molecule has 0 atom stereocenters. The number of anilines is 3. The number of hydrogen-bond donors (Lipinski definition) is 2. The Morgan fingerprint density at radius 3 is 2.07 bits per heavy atom. The molecule has 0 aliphatic heterocycles. The zero-order valence-corrected chi connectivity index (χ0v) is 15.2. The lowest BCUT2D eigenvalue weighted by molar-refractivity contribution is 0.101. The second-order valence-corrected chi connectivity index (χ2v) is 6.02. The van der Waals surface area contributed by atoms with E-state index in [1.54, 1.807) is 44.4 Å². The van der Waals surface area contributed by atoms with Crippen molar-refractivity contribution in [2.24, 2.45) is 0 Å². The fraction of sp³-hybridized carbons (Fsp3) is 0.0909. The van der Waals surface area contributed by atoms with Crippen molar-refractivity contribution in [2.45, 2.75) is 6.92 Å². The van der Waals surface area contributed by atoms with E-state index in [1.165, 1.54) is 0 Å². The number of carbonyl (C=O) groups excluding carboxylic acids is 2. The first kappa shape index (κ1) is 18.2. The molecule has 0 spiro atoms. The maximum atomic E-state index is 12.3. The summed E-state index contributed by atoms with van der Waals surface area (Å²) in [5.41, 5.74) is 3.59. The van der Waals surface area contributed by atoms with E-state index >= 15 is 0 Å². The molecule has 0 aliphatic rings. The first-order valence-corrected chi connectivity index (χ1v) is 8.48. The van der Waals surface area contributed by atoms with Crippen molar-refractivity contribution in [2.75, 3.05) is 17.7 Å². The monoisotopic (exact) mass is 360 g/mol. The number of nitrogens with one attached hydrogen (secondary N) is 2. The summed E-state index contributed by atoms with van der Waals surface area (Å²) < 4.78 is 5.09. The highest BCUT2D eigenvalue weighted by Gasteiger charge is 2.06. The van der Waals surface area contributed by atoms with Gasteiger partial charge in [-0.15, -0.1) is 0 Å². The molecule has 0 radical (unpaired) electrons. The van der Waals surface area contributed by atoms with Crippen molar-refractivity contribution in [3.05, 3.63) is 83.9 Å². The Labute approximate surface area is 158 Å². The molecule has 3 rings (SSSR count). The van der Waals surface area contributed by atoms with Crippen LogP contribution in [-0.4, -0.2) is 18.8 Å². The number of Topliss-reactive ketones (excluding diaryl/α,β-unsaturated/α-hetero) is 1. The Kier molecular flexibility index (Phi) is 5.52. The molecule has 0 heterocycles. The third-order valence-electron chi connectivity index (χ3n) is 4.05. The second-order valence-electron chi connectivity index (χ2n) is 6.02. The predicted molar refractivity (Wildman–Crippen MR) is 107 cm³/mol. The van der Waals surface area contributed by atoms with Gasteiger partial charge in [0.05, 0.1) is 7.11 Å². The first-order valence-electron chi connectivity index (χ1n) is 8.48. The molecule has 0 aromatic heterocycles. The van der Waals surface area contributed by atoms with Gasteiger partial charge in [0.15, 0.2) is 5.78 Å². The quantitative estimate of drug-likeness (QED) is 0.614. The lowest BCUT2D eigenvalue weighted by Gasteiger charge is -2.10. The van der Waals surface area contributed by atoms with Crippen LogP contribution in [0, 0.1) is 0 Å². The van der Waals surface area contributed by atoms with Crippen molar-refractivity contribution in [3.63, 3.8) is 0 Å². The summed E-state index contributed by atoms with van der Waals surface area (Å²) in [5.74, 6) is 0.540. The van der Waals surface area contributed by atoms with E-state index in [1.807, 2.05) is 42.5 Å². The molecule has 3 aromatic carbocycles. The third-order valence-corrected chi connectivity index (χ3v) is 4.05. The van der Waals surface area contributed by atoms with Crippen LogP contribution in [0.1, 0.15) is 27.6 Å². The molecule has 3 aromatic rings. The molecular weight excluding hydrogens is 340 g/mol. The molecule has 0 saturated carbocycles. The fourth-order valence-corrected chi connectivity index (χ4v) is 2.57. The maximum Gasteiger partial charge on any atom is 0.255 e. The number of carbonyl (C=O) groups is 2. The molecule has 0 bridgehead atoms. The number of amides is 1. The van der Waals surface area contributed by atoms with E-state index < -0.39 is 0 Å². The predicted octanol–water partition coefficient (Wildman–Crippen LogP) is 4.89. The van der Waals surface area contributed by atoms with Gasteiger partial charge < -0.3 is 15.4 Å². The minimum atomic E-state index is -0.187. The van der Waals surface area contributed by atoms with Crippen LogP contribution in [-0.2, 0) is 0 Å². The topological polar surface area (TPSA) is 67.4 Å². The van der Waals surface area contributed by atoms with Gasteiger partial charge in [0.25, 0.3) is 5.91 Å². The van der Waals surface area contributed by atoms with E-state index in [2.05, 4.69) is 10.6 Å². The highest BCUT2D eigenvalue weighted by molar-refractivity contribution is 6.04. The van der Waals surface area contributed by atoms with Crippen LogP contribution >= 0.6 is 0 Å². The average molecular weight is 360 g/mol. The van der Waals surface area contributed by atoms with Crippen LogP contribution in [0.5, 0.6) is 5.75 Å². The minimum Gasteiger partial charge on any atom is -0.497 e. The summed E-state index contributed by atoms with van der Waals surface area (Å²) in [5, 5.41) is 6.10. The summed E-state index contributed by atoms with van der Waals surface area (Å²) in [7, 11) is 1.58. The number of rotatable bonds is 6. The molecule has 0 saturated heterocycles. The van der Waals surface area contributed by atoms with Crippen LogP contribution < -0.4 is 15.4 Å². The minimum absolute atomic E-state index is 0.0234. The molecule has 136 valence electrons. The molecule has 27 heavy (non-hydrogen) atoms. The van der Waals surface area contributed by atoms with E-state index in [0.717, 1.165) is 11.4 Å². The van der Waals surface area contributed by atoms with Crippen molar-refractivity contribution in [3.8, 4) is 5.75 Å². The number of hydrogen-bond acceptors (Lipinski definition) is 4. The molecular formula is C22H20N2O3. The van der Waals surface area contributed by atoms with Crippen molar-refractivity contribution in [1.29, 1.82) is 0 Å². The zero-order chi connectivity index (χ0) is 19.2. The van der Waals surface area contributed by atoms with Crippen LogP contribution in [0.15, 0.2) is 72.8 Å². The van der Waals surface area contributed by atoms with Crippen molar-refractivity contribution in [1.82, 2.24) is 0 Å². The molecule has 0 fully saturated rings. The van der Waals surface area contributed by atoms with Gasteiger partial charge in [-0.2, -0.15) is 0 Å². The molecule has 0 unspecified atom stereocenters. The Morgan fingerprint density at radius 1 is 0.778 bits per heavy atom. The Morgan fingerprint density at radius 2 is 1.44 bits per heavy atom. The molecule has 5 nitrogen and oxygen atoms in total. The molecule has 1 amide bonds. The van der Waals surface area contributed by atoms with Gasteiger partial charge in [0.2, 0.25) is 0 Å². The first-order chi connectivity index (χ1) is 13.0. The Hall–Kier alpha value is -3.60. The largest absolute Gasteiger partial charge is 0.497 e. The van der Waals surface area contributed by atoms with Crippen LogP contribution in [0.3, 0.4) is 0 Å². The highest BCUT2D eigenvalue weighted by Crippen LogP contribution is 2.21. The zero-order valence-electron chi connectivity index (χ0n) is 15.2. The summed E-state index contributed by atoms with van der Waals surface area (Å²) in [6, 6.07) is 21.6. The number of ketones is 1. The van der Waals surface area contributed by atoms with Crippen molar-refractivity contribution >= 4 is 28.8 Å². The highest BCUT2D eigenvalue weighted by atomic mass is 16.5. The number of ether oxygens (including phenoxy) is 1. The summed E-state index contributed by atoms with van der Waals surface area (Å²) in [4.78, 5) is 23.8. The number of benzene rings is 3. The number of methoxy groups -OCH3 is 1. The lowest BCUT2D eigenvalue weighted by atomic mass is 10.1. The van der Waals surface area contributed by atoms with Gasteiger partial charge in [-0.05, 0) is 67.6 Å². The lowest BCUT2D eigenvalue weighted by Crippen LogP contribution is -2.11. The smallest absolute Gasteiger partial charge is 0.255 e. The van der Waals surface area contributed by atoms with E-state index in [0.29, 0.717) is 22.6 Å². The molecule has 5 heteroatoms. The van der Waals surface area contributed by atoms with Gasteiger partial charge >= 0.3 is 0 Å². The van der Waals surface area contributed by atoms with E-state index in [4.69, 9.17) is 4.74 Å². The summed E-state index contributed by atoms with van der Waals surface area (Å²) in [6.45, 7) is 1.54.